The third-order valence-corrected chi connectivity index (χ3v) is 2.87. The first-order valence-corrected chi connectivity index (χ1v) is 5.08. The summed E-state index contributed by atoms with van der Waals surface area (Å²) in [7, 11) is 0. The zero-order chi connectivity index (χ0) is 9.14. The number of nitrogens with zero attached hydrogens (tertiary/aromatic N) is 1. The Labute approximate surface area is 77.8 Å². The molecule has 1 unspecified atom stereocenters. The maximum atomic E-state index is 5.92. The average molecular weight is 184 g/mol. The minimum absolute atomic E-state index is 0.246. The normalized spacial score (nSPS) is 13.8. The van der Waals surface area contributed by atoms with E-state index in [0.29, 0.717) is 5.92 Å². The van der Waals surface area contributed by atoms with Crippen LogP contribution in [0.4, 0.5) is 0 Å². The van der Waals surface area contributed by atoms with Gasteiger partial charge in [-0.2, -0.15) is 0 Å². The van der Waals surface area contributed by atoms with Crippen LogP contribution in [0.5, 0.6) is 0 Å². The van der Waals surface area contributed by atoms with Gasteiger partial charge in [0.25, 0.3) is 0 Å². The van der Waals surface area contributed by atoms with Gasteiger partial charge in [-0.1, -0.05) is 13.8 Å². The molecule has 0 saturated heterocycles. The molecule has 1 atom stereocenters. The van der Waals surface area contributed by atoms with Crippen LogP contribution in [0.2, 0.25) is 0 Å². The van der Waals surface area contributed by atoms with Crippen LogP contribution in [0.25, 0.3) is 0 Å². The molecule has 68 valence electrons. The lowest BCUT2D eigenvalue weighted by molar-refractivity contribution is 0.490. The molecule has 0 aliphatic rings. The van der Waals surface area contributed by atoms with Gasteiger partial charge in [0.2, 0.25) is 0 Å². The molecule has 0 saturated carbocycles. The van der Waals surface area contributed by atoms with Crippen LogP contribution >= 0.6 is 11.3 Å². The van der Waals surface area contributed by atoms with Crippen molar-refractivity contribution in [2.75, 3.05) is 0 Å². The fourth-order valence-corrected chi connectivity index (χ4v) is 1.79. The second-order valence-electron chi connectivity index (χ2n) is 3.48. The summed E-state index contributed by atoms with van der Waals surface area (Å²) in [6.45, 7) is 6.36. The minimum atomic E-state index is 0.246. The van der Waals surface area contributed by atoms with Crippen molar-refractivity contribution in [3.8, 4) is 0 Å². The highest BCUT2D eigenvalue weighted by atomic mass is 32.1. The maximum absolute atomic E-state index is 5.92. The zero-order valence-electron chi connectivity index (χ0n) is 7.87. The molecule has 12 heavy (non-hydrogen) atoms. The Kier molecular flexibility index (Phi) is 3.23. The van der Waals surface area contributed by atoms with Crippen LogP contribution in [-0.4, -0.2) is 11.0 Å². The van der Waals surface area contributed by atoms with E-state index in [1.807, 2.05) is 6.20 Å². The Balaban J connectivity index is 2.52. The van der Waals surface area contributed by atoms with Gasteiger partial charge in [0.05, 0.1) is 5.01 Å². The first-order valence-electron chi connectivity index (χ1n) is 4.26. The first kappa shape index (κ1) is 9.68. The highest BCUT2D eigenvalue weighted by Gasteiger charge is 2.10. The average Bonchev–Trinajstić information content (AvgIpc) is 2.35. The van der Waals surface area contributed by atoms with Crippen molar-refractivity contribution in [2.45, 2.75) is 33.2 Å². The summed E-state index contributed by atoms with van der Waals surface area (Å²) in [5.74, 6) is 0.536. The molecule has 0 bridgehead atoms. The molecular weight excluding hydrogens is 168 g/mol. The van der Waals surface area contributed by atoms with Crippen LogP contribution in [0.1, 0.15) is 23.7 Å². The molecule has 0 amide bonds. The van der Waals surface area contributed by atoms with Gasteiger partial charge in [0, 0.05) is 23.5 Å². The van der Waals surface area contributed by atoms with E-state index in [0.717, 1.165) is 11.4 Å². The topological polar surface area (TPSA) is 38.9 Å². The van der Waals surface area contributed by atoms with E-state index in [4.69, 9.17) is 5.73 Å². The lowest BCUT2D eigenvalue weighted by Crippen LogP contribution is -2.28. The highest BCUT2D eigenvalue weighted by molar-refractivity contribution is 7.11. The van der Waals surface area contributed by atoms with Crippen molar-refractivity contribution in [2.24, 2.45) is 11.7 Å². The third-order valence-electron chi connectivity index (χ3n) is 1.94. The predicted octanol–water partition coefficient (Wildman–Crippen LogP) is 1.98. The molecule has 1 heterocycles. The number of hydrogen-bond acceptors (Lipinski definition) is 3. The summed E-state index contributed by atoms with van der Waals surface area (Å²) in [4.78, 5) is 5.54. The standard InChI is InChI=1S/C9H16N2S/c1-6(2)8(10)4-9-11-5-7(3)12-9/h5-6,8H,4,10H2,1-3H3. The molecule has 2 nitrogen and oxygen atoms in total. The Hall–Kier alpha value is -0.410. The van der Waals surface area contributed by atoms with E-state index in [2.05, 4.69) is 25.8 Å². The van der Waals surface area contributed by atoms with E-state index in [1.54, 1.807) is 11.3 Å². The summed E-state index contributed by atoms with van der Waals surface area (Å²) in [6, 6.07) is 0.246. The predicted molar refractivity (Wildman–Crippen MR) is 53.4 cm³/mol. The summed E-state index contributed by atoms with van der Waals surface area (Å²) < 4.78 is 0. The fraction of sp³-hybridized carbons (Fsp3) is 0.667. The Morgan fingerprint density at radius 1 is 1.58 bits per heavy atom. The first-order chi connectivity index (χ1) is 5.59. The summed E-state index contributed by atoms with van der Waals surface area (Å²) in [6.07, 6.45) is 2.82. The molecule has 3 heteroatoms. The summed E-state index contributed by atoms with van der Waals surface area (Å²) in [5, 5.41) is 1.16. The Morgan fingerprint density at radius 2 is 2.25 bits per heavy atom. The quantitative estimate of drug-likeness (QED) is 0.780. The number of rotatable bonds is 3. The summed E-state index contributed by atoms with van der Waals surface area (Å²) in [5.41, 5.74) is 5.92. The number of aromatic nitrogens is 1. The van der Waals surface area contributed by atoms with Gasteiger partial charge < -0.3 is 5.73 Å². The third kappa shape index (κ3) is 2.57. The number of thiazole rings is 1. The molecule has 0 aliphatic carbocycles. The van der Waals surface area contributed by atoms with Crippen molar-refractivity contribution in [3.05, 3.63) is 16.1 Å². The van der Waals surface area contributed by atoms with E-state index >= 15 is 0 Å². The second-order valence-corrected chi connectivity index (χ2v) is 4.80. The van der Waals surface area contributed by atoms with Gasteiger partial charge in [-0.25, -0.2) is 4.98 Å². The summed E-state index contributed by atoms with van der Waals surface area (Å²) >= 11 is 1.74. The largest absolute Gasteiger partial charge is 0.327 e. The van der Waals surface area contributed by atoms with E-state index < -0.39 is 0 Å². The van der Waals surface area contributed by atoms with Crippen LogP contribution in [0, 0.1) is 12.8 Å². The molecule has 0 aliphatic heterocycles. The van der Waals surface area contributed by atoms with Crippen LogP contribution in [-0.2, 0) is 6.42 Å². The Morgan fingerprint density at radius 3 is 2.67 bits per heavy atom. The van der Waals surface area contributed by atoms with E-state index in [-0.39, 0.29) is 6.04 Å². The molecule has 2 N–H and O–H groups in total. The minimum Gasteiger partial charge on any atom is -0.327 e. The lowest BCUT2D eigenvalue weighted by Gasteiger charge is -2.12. The van der Waals surface area contributed by atoms with Crippen molar-refractivity contribution >= 4 is 11.3 Å². The highest BCUT2D eigenvalue weighted by Crippen LogP contribution is 2.14. The van der Waals surface area contributed by atoms with Crippen LogP contribution in [0.15, 0.2) is 6.20 Å². The zero-order valence-corrected chi connectivity index (χ0v) is 8.69. The van der Waals surface area contributed by atoms with Crippen molar-refractivity contribution in [3.63, 3.8) is 0 Å². The van der Waals surface area contributed by atoms with Gasteiger partial charge in [0.15, 0.2) is 0 Å². The van der Waals surface area contributed by atoms with Crippen LogP contribution in [0.3, 0.4) is 0 Å². The molecular formula is C9H16N2S. The van der Waals surface area contributed by atoms with E-state index in [9.17, 15) is 0 Å². The van der Waals surface area contributed by atoms with Gasteiger partial charge in [-0.15, -0.1) is 11.3 Å². The maximum Gasteiger partial charge on any atom is 0.0943 e. The van der Waals surface area contributed by atoms with Crippen molar-refractivity contribution < 1.29 is 0 Å². The van der Waals surface area contributed by atoms with Crippen molar-refractivity contribution in [1.29, 1.82) is 0 Å². The van der Waals surface area contributed by atoms with E-state index in [1.165, 1.54) is 4.88 Å². The Bertz CT molecular complexity index is 242. The molecule has 0 radical (unpaired) electrons. The molecule has 0 aromatic carbocycles. The van der Waals surface area contributed by atoms with Crippen LogP contribution < -0.4 is 5.73 Å². The smallest absolute Gasteiger partial charge is 0.0943 e. The van der Waals surface area contributed by atoms with Crippen molar-refractivity contribution in [1.82, 2.24) is 4.98 Å². The monoisotopic (exact) mass is 184 g/mol. The second kappa shape index (κ2) is 4.01. The van der Waals surface area contributed by atoms with Gasteiger partial charge in [-0.05, 0) is 12.8 Å². The van der Waals surface area contributed by atoms with Gasteiger partial charge >= 0.3 is 0 Å². The molecule has 0 spiro atoms. The SMILES string of the molecule is Cc1cnc(CC(N)C(C)C)s1. The molecule has 1 aromatic heterocycles. The molecule has 1 rings (SSSR count). The van der Waals surface area contributed by atoms with Gasteiger partial charge in [0.1, 0.15) is 0 Å². The molecule has 0 fully saturated rings. The number of aryl methyl sites for hydroxylation is 1. The van der Waals surface area contributed by atoms with Gasteiger partial charge in [-0.3, -0.25) is 0 Å². The fourth-order valence-electron chi connectivity index (χ4n) is 0.933. The molecule has 1 aromatic rings. The number of hydrogen-bond donors (Lipinski definition) is 1. The number of nitrogens with two attached hydrogens (primary N) is 1. The lowest BCUT2D eigenvalue weighted by atomic mass is 10.0.